The fourth-order valence-corrected chi connectivity index (χ4v) is 2.18. The minimum Gasteiger partial charge on any atom is -0.456 e. The molecule has 0 bridgehead atoms. The second kappa shape index (κ2) is 3.88. The van der Waals surface area contributed by atoms with Crippen LogP contribution in [0.2, 0.25) is 0 Å². The van der Waals surface area contributed by atoms with E-state index in [-0.39, 0.29) is 0 Å². The molecular formula is C15H14N2O. The zero-order chi connectivity index (χ0) is 12.7. The molecule has 3 nitrogen and oxygen atoms in total. The topological polar surface area (TPSA) is 52.0 Å². The van der Waals surface area contributed by atoms with Crippen molar-refractivity contribution in [3.8, 4) is 11.3 Å². The van der Waals surface area contributed by atoms with E-state index in [1.165, 1.54) is 0 Å². The number of fused-ring (bicyclic) bond motifs is 1. The van der Waals surface area contributed by atoms with Gasteiger partial charge in [0.2, 0.25) is 0 Å². The molecule has 0 saturated heterocycles. The van der Waals surface area contributed by atoms with Crippen LogP contribution in [0.5, 0.6) is 0 Å². The molecule has 2 heterocycles. The molecule has 0 fully saturated rings. The molecule has 0 spiro atoms. The van der Waals surface area contributed by atoms with Crippen molar-refractivity contribution in [2.24, 2.45) is 0 Å². The fraction of sp³-hybridized carbons (Fsp3) is 0.133. The maximum Gasteiger partial charge on any atom is 0.137 e. The number of pyridine rings is 1. The van der Waals surface area contributed by atoms with Crippen molar-refractivity contribution >= 4 is 16.8 Å². The summed E-state index contributed by atoms with van der Waals surface area (Å²) in [6.07, 6.45) is 0. The highest BCUT2D eigenvalue weighted by Crippen LogP contribution is 2.31. The maximum absolute atomic E-state index is 5.92. The summed E-state index contributed by atoms with van der Waals surface area (Å²) in [5.41, 5.74) is 9.60. The first kappa shape index (κ1) is 10.8. The lowest BCUT2D eigenvalue weighted by Crippen LogP contribution is -1.93. The van der Waals surface area contributed by atoms with E-state index in [0.29, 0.717) is 5.82 Å². The first-order valence-electron chi connectivity index (χ1n) is 5.88. The van der Waals surface area contributed by atoms with Gasteiger partial charge in [-0.05, 0) is 37.6 Å². The molecule has 90 valence electrons. The van der Waals surface area contributed by atoms with E-state index in [0.717, 1.165) is 33.6 Å². The quantitative estimate of drug-likeness (QED) is 0.703. The van der Waals surface area contributed by atoms with E-state index in [1.807, 2.05) is 38.1 Å². The second-order valence-electron chi connectivity index (χ2n) is 4.47. The minimum atomic E-state index is 0.531. The van der Waals surface area contributed by atoms with Gasteiger partial charge in [-0.25, -0.2) is 4.98 Å². The molecule has 0 aliphatic heterocycles. The summed E-state index contributed by atoms with van der Waals surface area (Å²) in [4.78, 5) is 4.26. The Morgan fingerprint density at radius 1 is 1.11 bits per heavy atom. The second-order valence-corrected chi connectivity index (χ2v) is 4.47. The van der Waals surface area contributed by atoms with Crippen LogP contribution in [0.3, 0.4) is 0 Å². The van der Waals surface area contributed by atoms with E-state index in [9.17, 15) is 0 Å². The Labute approximate surface area is 105 Å². The summed E-state index contributed by atoms with van der Waals surface area (Å²) >= 11 is 0. The van der Waals surface area contributed by atoms with Gasteiger partial charge in [-0.3, -0.25) is 0 Å². The number of nitrogens with two attached hydrogens (primary N) is 1. The highest BCUT2D eigenvalue weighted by Gasteiger charge is 2.10. The predicted octanol–water partition coefficient (Wildman–Crippen LogP) is 3.69. The van der Waals surface area contributed by atoms with Crippen molar-refractivity contribution in [1.29, 1.82) is 0 Å². The minimum absolute atomic E-state index is 0.531. The maximum atomic E-state index is 5.92. The van der Waals surface area contributed by atoms with E-state index in [1.54, 1.807) is 6.07 Å². The van der Waals surface area contributed by atoms with Crippen LogP contribution in [0.1, 0.15) is 11.3 Å². The van der Waals surface area contributed by atoms with Gasteiger partial charge < -0.3 is 10.2 Å². The molecule has 3 rings (SSSR count). The molecule has 2 N–H and O–H groups in total. The third-order valence-corrected chi connectivity index (χ3v) is 3.11. The molecule has 18 heavy (non-hydrogen) atoms. The highest BCUT2D eigenvalue weighted by atomic mass is 16.3. The molecule has 0 amide bonds. The number of aryl methyl sites for hydroxylation is 2. The number of aromatic nitrogens is 1. The fourth-order valence-electron chi connectivity index (χ4n) is 2.18. The summed E-state index contributed by atoms with van der Waals surface area (Å²) < 4.78 is 5.92. The number of benzene rings is 1. The average molecular weight is 238 g/mol. The van der Waals surface area contributed by atoms with Crippen LogP contribution in [-0.4, -0.2) is 4.98 Å². The number of nitrogens with zero attached hydrogens (tertiary/aromatic N) is 1. The number of para-hydroxylation sites is 1. The zero-order valence-electron chi connectivity index (χ0n) is 10.4. The molecule has 0 unspecified atom stereocenters. The predicted molar refractivity (Wildman–Crippen MR) is 73.3 cm³/mol. The van der Waals surface area contributed by atoms with E-state index >= 15 is 0 Å². The summed E-state index contributed by atoms with van der Waals surface area (Å²) in [5, 5.41) is 1.11. The first-order valence-corrected chi connectivity index (χ1v) is 5.88. The van der Waals surface area contributed by atoms with Crippen molar-refractivity contribution in [2.75, 3.05) is 5.73 Å². The summed E-state index contributed by atoms with van der Waals surface area (Å²) in [6, 6.07) is 11.9. The number of furan rings is 1. The lowest BCUT2D eigenvalue weighted by atomic mass is 10.1. The zero-order valence-corrected chi connectivity index (χ0v) is 10.4. The monoisotopic (exact) mass is 238 g/mol. The summed E-state index contributed by atoms with van der Waals surface area (Å²) in [5.74, 6) is 1.37. The average Bonchev–Trinajstić information content (AvgIpc) is 2.74. The Morgan fingerprint density at radius 3 is 2.67 bits per heavy atom. The molecule has 0 saturated carbocycles. The van der Waals surface area contributed by atoms with Gasteiger partial charge in [-0.1, -0.05) is 18.2 Å². The molecule has 3 aromatic rings. The largest absolute Gasteiger partial charge is 0.456 e. The van der Waals surface area contributed by atoms with E-state index in [4.69, 9.17) is 10.2 Å². The normalized spacial score (nSPS) is 11.0. The van der Waals surface area contributed by atoms with Crippen molar-refractivity contribution in [2.45, 2.75) is 13.8 Å². The Kier molecular flexibility index (Phi) is 2.33. The molecule has 0 radical (unpaired) electrons. The third-order valence-electron chi connectivity index (χ3n) is 3.11. The Bertz CT molecular complexity index is 728. The van der Waals surface area contributed by atoms with E-state index < -0.39 is 0 Å². The molecule has 0 atom stereocenters. The van der Waals surface area contributed by atoms with Gasteiger partial charge in [0.15, 0.2) is 0 Å². The molecule has 1 aromatic carbocycles. The first-order chi connectivity index (χ1) is 8.65. The summed E-state index contributed by atoms with van der Waals surface area (Å²) in [6.45, 7) is 3.98. The lowest BCUT2D eigenvalue weighted by molar-refractivity contribution is 0.628. The number of rotatable bonds is 1. The van der Waals surface area contributed by atoms with Gasteiger partial charge in [-0.2, -0.15) is 0 Å². The Morgan fingerprint density at radius 2 is 1.94 bits per heavy atom. The standard InChI is InChI=1S/C15H14N2O/c1-9-4-3-5-11-8-13(18-15(9)11)12-6-7-14(16)17-10(12)2/h3-8H,1-2H3,(H2,16,17). The van der Waals surface area contributed by atoms with Crippen LogP contribution in [0.25, 0.3) is 22.3 Å². The van der Waals surface area contributed by atoms with Gasteiger partial charge in [0, 0.05) is 10.9 Å². The van der Waals surface area contributed by atoms with Crippen molar-refractivity contribution in [3.63, 3.8) is 0 Å². The third kappa shape index (κ3) is 1.64. The molecular weight excluding hydrogens is 224 g/mol. The summed E-state index contributed by atoms with van der Waals surface area (Å²) in [7, 11) is 0. The number of hydrogen-bond acceptors (Lipinski definition) is 3. The number of nitrogen functional groups attached to an aromatic ring is 1. The van der Waals surface area contributed by atoms with Crippen LogP contribution in [-0.2, 0) is 0 Å². The lowest BCUT2D eigenvalue weighted by Gasteiger charge is -2.02. The Balaban J connectivity index is 2.23. The molecule has 3 heteroatoms. The smallest absolute Gasteiger partial charge is 0.137 e. The van der Waals surface area contributed by atoms with Crippen molar-refractivity contribution in [1.82, 2.24) is 4.98 Å². The van der Waals surface area contributed by atoms with Crippen LogP contribution in [0.15, 0.2) is 40.8 Å². The van der Waals surface area contributed by atoms with Crippen LogP contribution < -0.4 is 5.73 Å². The van der Waals surface area contributed by atoms with Gasteiger partial charge in [-0.15, -0.1) is 0 Å². The molecule has 0 aliphatic carbocycles. The van der Waals surface area contributed by atoms with Crippen LogP contribution in [0, 0.1) is 13.8 Å². The number of anilines is 1. The Hall–Kier alpha value is -2.29. The highest BCUT2D eigenvalue weighted by molar-refractivity contribution is 5.85. The molecule has 2 aromatic heterocycles. The van der Waals surface area contributed by atoms with Crippen LogP contribution >= 0.6 is 0 Å². The van der Waals surface area contributed by atoms with Gasteiger partial charge >= 0.3 is 0 Å². The van der Waals surface area contributed by atoms with Crippen molar-refractivity contribution < 1.29 is 4.42 Å². The van der Waals surface area contributed by atoms with Gasteiger partial charge in [0.25, 0.3) is 0 Å². The number of hydrogen-bond donors (Lipinski definition) is 1. The van der Waals surface area contributed by atoms with Gasteiger partial charge in [0.1, 0.15) is 17.2 Å². The van der Waals surface area contributed by atoms with Crippen LogP contribution in [0.4, 0.5) is 5.82 Å². The van der Waals surface area contributed by atoms with E-state index in [2.05, 4.69) is 11.1 Å². The SMILES string of the molecule is Cc1nc(N)ccc1-c1cc2cccc(C)c2o1. The van der Waals surface area contributed by atoms with Crippen molar-refractivity contribution in [3.05, 3.63) is 47.7 Å². The molecule has 0 aliphatic rings. The van der Waals surface area contributed by atoms with Gasteiger partial charge in [0.05, 0.1) is 5.69 Å².